The minimum Gasteiger partial charge on any atom is -0.483 e. The summed E-state index contributed by atoms with van der Waals surface area (Å²) in [6.07, 6.45) is 0.573. The lowest BCUT2D eigenvalue weighted by atomic mass is 10.0. The van der Waals surface area contributed by atoms with E-state index in [0.717, 1.165) is 21.3 Å². The van der Waals surface area contributed by atoms with Crippen molar-refractivity contribution in [1.82, 2.24) is 0 Å². The number of rotatable bonds is 5. The first-order valence-corrected chi connectivity index (χ1v) is 8.00. The number of halogens is 2. The molecule has 20 heavy (non-hydrogen) atoms. The molecule has 106 valence electrons. The van der Waals surface area contributed by atoms with Gasteiger partial charge in [-0.15, -0.1) is 0 Å². The van der Waals surface area contributed by atoms with Crippen LogP contribution in [0.3, 0.4) is 0 Å². The molecule has 0 bridgehead atoms. The Kier molecular flexibility index (Phi) is 5.69. The molecule has 2 atom stereocenters. The summed E-state index contributed by atoms with van der Waals surface area (Å²) in [7, 11) is 0. The minimum absolute atomic E-state index is 0.106. The Labute approximate surface area is 138 Å². The zero-order valence-electron chi connectivity index (χ0n) is 11.2. The Balaban J connectivity index is 2.35. The zero-order chi connectivity index (χ0) is 14.5. The first kappa shape index (κ1) is 15.6. The molecule has 0 aliphatic rings. The summed E-state index contributed by atoms with van der Waals surface area (Å²) in [5.74, 6) is 0.835. The molecule has 0 aliphatic heterocycles. The number of ether oxygens (including phenoxy) is 1. The molecule has 0 spiro atoms. The molecule has 0 saturated heterocycles. The maximum absolute atomic E-state index is 6.29. The van der Waals surface area contributed by atoms with E-state index in [0.29, 0.717) is 5.02 Å². The van der Waals surface area contributed by atoms with Crippen LogP contribution in [0.2, 0.25) is 5.02 Å². The van der Waals surface area contributed by atoms with Gasteiger partial charge in [0, 0.05) is 16.6 Å². The molecule has 0 fully saturated rings. The molecular weight excluding hydrogens is 385 g/mol. The van der Waals surface area contributed by atoms with Crippen LogP contribution in [0.15, 0.2) is 48.5 Å². The van der Waals surface area contributed by atoms with Crippen molar-refractivity contribution in [2.24, 2.45) is 5.73 Å². The van der Waals surface area contributed by atoms with E-state index in [-0.39, 0.29) is 12.1 Å². The van der Waals surface area contributed by atoms with Crippen molar-refractivity contribution in [3.8, 4) is 5.75 Å². The summed E-state index contributed by atoms with van der Waals surface area (Å²) in [5.41, 5.74) is 7.16. The second kappa shape index (κ2) is 7.29. The average Bonchev–Trinajstić information content (AvgIpc) is 2.47. The van der Waals surface area contributed by atoms with Crippen molar-refractivity contribution >= 4 is 34.2 Å². The third-order valence-electron chi connectivity index (χ3n) is 3.16. The summed E-state index contributed by atoms with van der Waals surface area (Å²) in [6, 6.07) is 15.5. The Morgan fingerprint density at radius 1 is 1.15 bits per heavy atom. The molecule has 0 radical (unpaired) electrons. The monoisotopic (exact) mass is 401 g/mol. The predicted octanol–water partition coefficient (Wildman–Crippen LogP) is 4.80. The first-order chi connectivity index (χ1) is 9.63. The van der Waals surface area contributed by atoms with E-state index < -0.39 is 0 Å². The van der Waals surface area contributed by atoms with Gasteiger partial charge in [0.2, 0.25) is 0 Å². The number of benzene rings is 2. The van der Waals surface area contributed by atoms with E-state index >= 15 is 0 Å². The molecule has 0 aliphatic carbocycles. The van der Waals surface area contributed by atoms with Gasteiger partial charge >= 0.3 is 0 Å². The van der Waals surface area contributed by atoms with Gasteiger partial charge in [0.05, 0.1) is 3.57 Å². The van der Waals surface area contributed by atoms with Crippen LogP contribution in [-0.4, -0.2) is 6.04 Å². The Morgan fingerprint density at radius 3 is 2.45 bits per heavy atom. The average molecular weight is 402 g/mol. The van der Waals surface area contributed by atoms with E-state index in [1.807, 2.05) is 55.5 Å². The summed E-state index contributed by atoms with van der Waals surface area (Å²) in [6.45, 7) is 2.05. The van der Waals surface area contributed by atoms with Crippen LogP contribution in [0.4, 0.5) is 0 Å². The Bertz CT molecular complexity index is 576. The van der Waals surface area contributed by atoms with Crippen molar-refractivity contribution in [3.05, 3.63) is 62.7 Å². The van der Waals surface area contributed by atoms with Crippen LogP contribution in [0.5, 0.6) is 5.75 Å². The highest BCUT2D eigenvalue weighted by atomic mass is 127. The number of hydrogen-bond acceptors (Lipinski definition) is 2. The largest absolute Gasteiger partial charge is 0.483 e. The van der Waals surface area contributed by atoms with Crippen molar-refractivity contribution in [3.63, 3.8) is 0 Å². The third kappa shape index (κ3) is 3.65. The molecule has 2 aromatic rings. The molecule has 2 N–H and O–H groups in total. The minimum atomic E-state index is -0.246. The van der Waals surface area contributed by atoms with E-state index in [1.165, 1.54) is 0 Å². The van der Waals surface area contributed by atoms with Gasteiger partial charge < -0.3 is 10.5 Å². The second-order valence-electron chi connectivity index (χ2n) is 4.56. The lowest BCUT2D eigenvalue weighted by Crippen LogP contribution is -2.31. The smallest absolute Gasteiger partial charge is 0.140 e. The molecule has 0 saturated carbocycles. The fourth-order valence-corrected chi connectivity index (χ4v) is 2.74. The van der Waals surface area contributed by atoms with Crippen LogP contribution in [0.1, 0.15) is 25.0 Å². The van der Waals surface area contributed by atoms with Gasteiger partial charge in [-0.25, -0.2) is 0 Å². The maximum Gasteiger partial charge on any atom is 0.140 e. The molecule has 2 nitrogen and oxygen atoms in total. The first-order valence-electron chi connectivity index (χ1n) is 6.54. The van der Waals surface area contributed by atoms with E-state index in [1.54, 1.807) is 0 Å². The Hall–Kier alpha value is -0.780. The molecule has 2 aromatic carbocycles. The van der Waals surface area contributed by atoms with Gasteiger partial charge in [0.25, 0.3) is 0 Å². The summed E-state index contributed by atoms with van der Waals surface area (Å²) in [4.78, 5) is 0. The molecule has 0 amide bonds. The van der Waals surface area contributed by atoms with E-state index in [4.69, 9.17) is 22.1 Å². The van der Waals surface area contributed by atoms with Crippen LogP contribution in [0, 0.1) is 3.57 Å². The van der Waals surface area contributed by atoms with Gasteiger partial charge in [-0.1, -0.05) is 48.9 Å². The summed E-state index contributed by atoms with van der Waals surface area (Å²) >= 11 is 8.55. The standard InChI is InChI=1S/C16H17ClINO/c1-2-14(19)16(11-7-3-4-8-12(11)17)20-15-10-6-5-9-13(15)18/h3-10,14,16H,2,19H2,1H3. The van der Waals surface area contributed by atoms with Gasteiger partial charge in [0.1, 0.15) is 11.9 Å². The number of hydrogen-bond donors (Lipinski definition) is 1. The van der Waals surface area contributed by atoms with E-state index in [9.17, 15) is 0 Å². The SMILES string of the molecule is CCC(N)C(Oc1ccccc1I)c1ccccc1Cl. The van der Waals surface area contributed by atoms with Gasteiger partial charge in [-0.3, -0.25) is 0 Å². The van der Waals surface area contributed by atoms with Crippen molar-refractivity contribution < 1.29 is 4.74 Å². The van der Waals surface area contributed by atoms with Crippen molar-refractivity contribution in [2.45, 2.75) is 25.5 Å². The summed E-state index contributed by atoms with van der Waals surface area (Å²) in [5, 5.41) is 0.687. The zero-order valence-corrected chi connectivity index (χ0v) is 14.1. The van der Waals surface area contributed by atoms with Gasteiger partial charge in [-0.05, 0) is 47.2 Å². The fourth-order valence-electron chi connectivity index (χ4n) is 1.98. The van der Waals surface area contributed by atoms with Crippen LogP contribution >= 0.6 is 34.2 Å². The number of nitrogens with two attached hydrogens (primary N) is 1. The molecular formula is C16H17ClINO. The predicted molar refractivity (Wildman–Crippen MR) is 92.2 cm³/mol. The van der Waals surface area contributed by atoms with Crippen LogP contribution in [0.25, 0.3) is 0 Å². The third-order valence-corrected chi connectivity index (χ3v) is 4.40. The van der Waals surface area contributed by atoms with Crippen molar-refractivity contribution in [2.75, 3.05) is 0 Å². The van der Waals surface area contributed by atoms with Crippen molar-refractivity contribution in [1.29, 1.82) is 0 Å². The molecule has 4 heteroatoms. The Morgan fingerprint density at radius 2 is 1.80 bits per heavy atom. The fraction of sp³-hybridized carbons (Fsp3) is 0.250. The normalized spacial score (nSPS) is 13.8. The molecule has 0 heterocycles. The van der Waals surface area contributed by atoms with Gasteiger partial charge in [0.15, 0.2) is 0 Å². The molecule has 2 rings (SSSR count). The second-order valence-corrected chi connectivity index (χ2v) is 6.13. The maximum atomic E-state index is 6.29. The lowest BCUT2D eigenvalue weighted by Gasteiger charge is -2.26. The topological polar surface area (TPSA) is 35.2 Å². The highest BCUT2D eigenvalue weighted by Gasteiger charge is 2.23. The summed E-state index contributed by atoms with van der Waals surface area (Å²) < 4.78 is 7.21. The van der Waals surface area contributed by atoms with Crippen LogP contribution in [-0.2, 0) is 0 Å². The highest BCUT2D eigenvalue weighted by molar-refractivity contribution is 14.1. The molecule has 0 aromatic heterocycles. The number of para-hydroxylation sites is 1. The highest BCUT2D eigenvalue weighted by Crippen LogP contribution is 2.32. The quantitative estimate of drug-likeness (QED) is 0.730. The van der Waals surface area contributed by atoms with Gasteiger partial charge in [-0.2, -0.15) is 0 Å². The lowest BCUT2D eigenvalue weighted by molar-refractivity contribution is 0.170. The van der Waals surface area contributed by atoms with E-state index in [2.05, 4.69) is 22.6 Å². The van der Waals surface area contributed by atoms with Crippen LogP contribution < -0.4 is 10.5 Å². The molecule has 2 unspecified atom stereocenters.